The smallest absolute Gasteiger partial charge is 0.248 e. The molecule has 166 valence electrons. The van der Waals surface area contributed by atoms with E-state index in [-0.39, 0.29) is 18.1 Å². The lowest BCUT2D eigenvalue weighted by Gasteiger charge is -2.36. The molecule has 0 spiro atoms. The lowest BCUT2D eigenvalue weighted by Crippen LogP contribution is -2.45. The number of carbonyl (C=O) groups excluding carboxylic acids is 1. The average Bonchev–Trinajstić information content (AvgIpc) is 2.73. The van der Waals surface area contributed by atoms with Gasteiger partial charge < -0.3 is 24.4 Å². The van der Waals surface area contributed by atoms with Crippen molar-refractivity contribution in [3.63, 3.8) is 0 Å². The molecule has 0 aliphatic carbocycles. The van der Waals surface area contributed by atoms with E-state index in [4.69, 9.17) is 25.8 Å². The van der Waals surface area contributed by atoms with E-state index in [1.165, 1.54) is 6.08 Å². The first-order valence-corrected chi connectivity index (χ1v) is 10.6. The second kappa shape index (κ2) is 10.5. The number of halogens is 1. The van der Waals surface area contributed by atoms with Gasteiger partial charge in [-0.25, -0.2) is 4.98 Å². The van der Waals surface area contributed by atoms with Gasteiger partial charge in [0.05, 0.1) is 42.8 Å². The zero-order valence-electron chi connectivity index (χ0n) is 18.2. The van der Waals surface area contributed by atoms with Gasteiger partial charge in [0.15, 0.2) is 11.5 Å². The maximum Gasteiger partial charge on any atom is 0.248 e. The molecule has 1 aliphatic rings. The van der Waals surface area contributed by atoms with E-state index in [0.29, 0.717) is 28.8 Å². The van der Waals surface area contributed by atoms with Crippen LogP contribution in [0.25, 0.3) is 6.08 Å². The van der Waals surface area contributed by atoms with Crippen molar-refractivity contribution < 1.29 is 19.0 Å². The maximum atomic E-state index is 12.3. The molecule has 3 rings (SSSR count). The molecule has 2 atom stereocenters. The van der Waals surface area contributed by atoms with Crippen LogP contribution in [0, 0.1) is 0 Å². The summed E-state index contributed by atoms with van der Waals surface area (Å²) in [6, 6.07) is 7.23. The Hall–Kier alpha value is -2.77. The molecule has 31 heavy (non-hydrogen) atoms. The second-order valence-corrected chi connectivity index (χ2v) is 7.76. The van der Waals surface area contributed by atoms with E-state index >= 15 is 0 Å². The molecule has 1 fully saturated rings. The first-order valence-electron chi connectivity index (χ1n) is 10.3. The zero-order chi connectivity index (χ0) is 22.4. The summed E-state index contributed by atoms with van der Waals surface area (Å²) in [6.45, 7) is 8.04. The van der Waals surface area contributed by atoms with Crippen molar-refractivity contribution >= 4 is 35.1 Å². The fraction of sp³-hybridized carbons (Fsp3) is 0.391. The molecule has 2 aromatic rings. The highest BCUT2D eigenvalue weighted by Gasteiger charge is 2.23. The number of hydrogen-bond acceptors (Lipinski definition) is 6. The number of amides is 1. The largest absolute Gasteiger partial charge is 0.493 e. The van der Waals surface area contributed by atoms with Gasteiger partial charge in [-0.15, -0.1) is 0 Å². The van der Waals surface area contributed by atoms with Gasteiger partial charge in [0.1, 0.15) is 5.82 Å². The summed E-state index contributed by atoms with van der Waals surface area (Å²) in [4.78, 5) is 19.0. The molecule has 1 amide bonds. The van der Waals surface area contributed by atoms with Crippen LogP contribution >= 0.6 is 11.6 Å². The number of hydrogen-bond donors (Lipinski definition) is 1. The number of morpholine rings is 1. The Labute approximate surface area is 188 Å². The van der Waals surface area contributed by atoms with Gasteiger partial charge in [-0.3, -0.25) is 4.79 Å². The minimum atomic E-state index is -0.271. The van der Waals surface area contributed by atoms with Crippen molar-refractivity contribution in [1.82, 2.24) is 4.98 Å². The summed E-state index contributed by atoms with van der Waals surface area (Å²) in [6.07, 6.45) is 5.07. The molecule has 1 aliphatic heterocycles. The molecule has 1 aromatic heterocycles. The fourth-order valence-electron chi connectivity index (χ4n) is 3.49. The third-order valence-electron chi connectivity index (χ3n) is 4.73. The molecule has 0 bridgehead atoms. The van der Waals surface area contributed by atoms with Gasteiger partial charge in [0.2, 0.25) is 5.91 Å². The first kappa shape index (κ1) is 22.9. The number of rotatable bonds is 7. The van der Waals surface area contributed by atoms with Crippen LogP contribution in [-0.4, -0.2) is 49.9 Å². The summed E-state index contributed by atoms with van der Waals surface area (Å²) in [7, 11) is 1.54. The minimum Gasteiger partial charge on any atom is -0.493 e. The van der Waals surface area contributed by atoms with Crippen LogP contribution in [-0.2, 0) is 9.53 Å². The quantitative estimate of drug-likeness (QED) is 0.636. The Morgan fingerprint density at radius 3 is 2.68 bits per heavy atom. The standard InChI is InChI=1S/C23H28ClN3O4/c1-5-30-23-19(24)10-17(11-20(23)29-4)6-9-22(28)26-18-7-8-21(25-12-18)27-13-15(2)31-16(3)14-27/h6-12,15-16H,5,13-14H2,1-4H3,(H,26,28). The van der Waals surface area contributed by atoms with Crippen molar-refractivity contribution in [2.24, 2.45) is 0 Å². The predicted molar refractivity (Wildman–Crippen MR) is 123 cm³/mol. The molecular formula is C23H28ClN3O4. The molecule has 2 heterocycles. The van der Waals surface area contributed by atoms with E-state index in [0.717, 1.165) is 24.5 Å². The number of benzene rings is 1. The molecule has 8 heteroatoms. The number of carbonyl (C=O) groups is 1. The monoisotopic (exact) mass is 445 g/mol. The van der Waals surface area contributed by atoms with E-state index < -0.39 is 0 Å². The molecule has 7 nitrogen and oxygen atoms in total. The van der Waals surface area contributed by atoms with Crippen LogP contribution in [0.2, 0.25) is 5.02 Å². The van der Waals surface area contributed by atoms with Crippen LogP contribution in [0.1, 0.15) is 26.3 Å². The summed E-state index contributed by atoms with van der Waals surface area (Å²) in [5.41, 5.74) is 1.35. The number of aromatic nitrogens is 1. The van der Waals surface area contributed by atoms with Gasteiger partial charge in [-0.1, -0.05) is 11.6 Å². The summed E-state index contributed by atoms with van der Waals surface area (Å²) >= 11 is 6.27. The third-order valence-corrected chi connectivity index (χ3v) is 5.01. The van der Waals surface area contributed by atoms with Gasteiger partial charge in [-0.05, 0) is 56.7 Å². The van der Waals surface area contributed by atoms with Crippen LogP contribution in [0.4, 0.5) is 11.5 Å². The van der Waals surface area contributed by atoms with Crippen molar-refractivity contribution in [3.05, 3.63) is 47.1 Å². The molecule has 1 N–H and O–H groups in total. The summed E-state index contributed by atoms with van der Waals surface area (Å²) in [5, 5.41) is 3.24. The molecule has 0 saturated carbocycles. The van der Waals surface area contributed by atoms with Crippen LogP contribution in [0.15, 0.2) is 36.5 Å². The van der Waals surface area contributed by atoms with E-state index in [9.17, 15) is 4.79 Å². The average molecular weight is 446 g/mol. The van der Waals surface area contributed by atoms with E-state index in [2.05, 4.69) is 29.0 Å². The second-order valence-electron chi connectivity index (χ2n) is 7.36. The van der Waals surface area contributed by atoms with Crippen molar-refractivity contribution in [1.29, 1.82) is 0 Å². The number of ether oxygens (including phenoxy) is 3. The van der Waals surface area contributed by atoms with Gasteiger partial charge in [0.25, 0.3) is 0 Å². The summed E-state index contributed by atoms with van der Waals surface area (Å²) in [5.74, 6) is 1.60. The Balaban J connectivity index is 1.63. The van der Waals surface area contributed by atoms with E-state index in [1.54, 1.807) is 31.5 Å². The maximum absolute atomic E-state index is 12.3. The minimum absolute atomic E-state index is 0.157. The number of anilines is 2. The van der Waals surface area contributed by atoms with Crippen LogP contribution < -0.4 is 19.7 Å². The molecule has 2 unspecified atom stereocenters. The lowest BCUT2D eigenvalue weighted by atomic mass is 10.2. The fourth-order valence-corrected chi connectivity index (χ4v) is 3.76. The number of nitrogens with one attached hydrogen (secondary N) is 1. The van der Waals surface area contributed by atoms with Crippen LogP contribution in [0.3, 0.4) is 0 Å². The molecular weight excluding hydrogens is 418 g/mol. The lowest BCUT2D eigenvalue weighted by molar-refractivity contribution is -0.111. The molecule has 0 radical (unpaired) electrons. The molecule has 1 aromatic carbocycles. The first-order chi connectivity index (χ1) is 14.9. The predicted octanol–water partition coefficient (Wildman–Crippen LogP) is 4.41. The summed E-state index contributed by atoms with van der Waals surface area (Å²) < 4.78 is 16.6. The normalized spacial score (nSPS) is 18.8. The van der Waals surface area contributed by atoms with Gasteiger partial charge in [-0.2, -0.15) is 0 Å². The van der Waals surface area contributed by atoms with E-state index in [1.807, 2.05) is 19.1 Å². The Morgan fingerprint density at radius 1 is 1.32 bits per heavy atom. The highest BCUT2D eigenvalue weighted by molar-refractivity contribution is 6.32. The third kappa shape index (κ3) is 6.12. The highest BCUT2D eigenvalue weighted by Crippen LogP contribution is 2.36. The van der Waals surface area contributed by atoms with Crippen molar-refractivity contribution in [2.45, 2.75) is 33.0 Å². The SMILES string of the molecule is CCOc1c(Cl)cc(C=CC(=O)Nc2ccc(N3CC(C)OC(C)C3)nc2)cc1OC. The molecule has 1 saturated heterocycles. The zero-order valence-corrected chi connectivity index (χ0v) is 19.0. The Kier molecular flexibility index (Phi) is 7.76. The topological polar surface area (TPSA) is 72.9 Å². The number of methoxy groups -OCH3 is 1. The van der Waals surface area contributed by atoms with Gasteiger partial charge >= 0.3 is 0 Å². The van der Waals surface area contributed by atoms with Crippen LogP contribution in [0.5, 0.6) is 11.5 Å². The van der Waals surface area contributed by atoms with Crippen molar-refractivity contribution in [3.8, 4) is 11.5 Å². The highest BCUT2D eigenvalue weighted by atomic mass is 35.5. The number of nitrogens with zero attached hydrogens (tertiary/aromatic N) is 2. The Bertz CT molecular complexity index is 923. The van der Waals surface area contributed by atoms with Gasteiger partial charge in [0, 0.05) is 19.2 Å². The number of pyridine rings is 1. The van der Waals surface area contributed by atoms with Crippen molar-refractivity contribution in [2.75, 3.05) is 37.0 Å². The Morgan fingerprint density at radius 2 is 2.06 bits per heavy atom.